The summed E-state index contributed by atoms with van der Waals surface area (Å²) < 4.78 is 71.7. The molecule has 11 heteroatoms. The lowest BCUT2D eigenvalue weighted by Crippen LogP contribution is -2.15. The molecular formula is C32H46F3NO7. The van der Waals surface area contributed by atoms with Gasteiger partial charge in [-0.15, -0.1) is 0 Å². The number of anilines is 2. The quantitative estimate of drug-likeness (QED) is 0.0943. The Labute approximate surface area is 253 Å². The van der Waals surface area contributed by atoms with Crippen molar-refractivity contribution < 1.29 is 46.4 Å². The SMILES string of the molecule is CCCCCCCCOCCOCCOCCOCCOCCOC(=O)c1ccccc1Nc1cccc(C(F)(F)F)c1. The number of esters is 1. The highest BCUT2D eigenvalue weighted by molar-refractivity contribution is 5.96. The van der Waals surface area contributed by atoms with Crippen molar-refractivity contribution in [3.63, 3.8) is 0 Å². The number of ether oxygens (including phenoxy) is 6. The molecule has 2 aromatic carbocycles. The highest BCUT2D eigenvalue weighted by Crippen LogP contribution is 2.32. The minimum Gasteiger partial charge on any atom is -0.460 e. The topological polar surface area (TPSA) is 84.5 Å². The van der Waals surface area contributed by atoms with Gasteiger partial charge in [0.25, 0.3) is 0 Å². The molecule has 2 rings (SSSR count). The molecule has 0 aliphatic carbocycles. The van der Waals surface area contributed by atoms with E-state index in [4.69, 9.17) is 28.4 Å². The number of halogens is 3. The van der Waals surface area contributed by atoms with Crippen LogP contribution in [0.15, 0.2) is 48.5 Å². The fourth-order valence-corrected chi connectivity index (χ4v) is 3.94. The molecule has 0 aromatic heterocycles. The van der Waals surface area contributed by atoms with Gasteiger partial charge in [0.2, 0.25) is 0 Å². The average Bonchev–Trinajstić information content (AvgIpc) is 2.99. The van der Waals surface area contributed by atoms with E-state index < -0.39 is 17.7 Å². The Kier molecular flexibility index (Phi) is 19.3. The maximum atomic E-state index is 13.0. The molecule has 0 saturated heterocycles. The first-order valence-electron chi connectivity index (χ1n) is 15.0. The van der Waals surface area contributed by atoms with Crippen LogP contribution in [-0.2, 0) is 34.6 Å². The number of carbonyl (C=O) groups is 1. The van der Waals surface area contributed by atoms with E-state index in [0.717, 1.165) is 25.2 Å². The molecule has 0 spiro atoms. The fraction of sp³-hybridized carbons (Fsp3) is 0.594. The van der Waals surface area contributed by atoms with Crippen molar-refractivity contribution in [3.8, 4) is 0 Å². The van der Waals surface area contributed by atoms with E-state index >= 15 is 0 Å². The van der Waals surface area contributed by atoms with Crippen LogP contribution in [0.25, 0.3) is 0 Å². The zero-order valence-corrected chi connectivity index (χ0v) is 25.1. The fourth-order valence-electron chi connectivity index (χ4n) is 3.94. The van der Waals surface area contributed by atoms with Crippen molar-refractivity contribution in [2.24, 2.45) is 0 Å². The zero-order valence-electron chi connectivity index (χ0n) is 25.1. The van der Waals surface area contributed by atoms with E-state index in [0.29, 0.717) is 58.5 Å². The van der Waals surface area contributed by atoms with E-state index in [9.17, 15) is 18.0 Å². The van der Waals surface area contributed by atoms with Gasteiger partial charge < -0.3 is 33.7 Å². The summed E-state index contributed by atoms with van der Waals surface area (Å²) in [6.45, 7) is 6.93. The molecule has 0 atom stereocenters. The maximum absolute atomic E-state index is 13.0. The Morgan fingerprint density at radius 1 is 0.651 bits per heavy atom. The lowest BCUT2D eigenvalue weighted by molar-refractivity contribution is -0.137. The van der Waals surface area contributed by atoms with Crippen molar-refractivity contribution >= 4 is 17.3 Å². The zero-order chi connectivity index (χ0) is 31.0. The monoisotopic (exact) mass is 613 g/mol. The van der Waals surface area contributed by atoms with Crippen LogP contribution < -0.4 is 5.32 Å². The summed E-state index contributed by atoms with van der Waals surface area (Å²) in [6.07, 6.45) is 3.05. The normalized spacial score (nSPS) is 11.5. The number of carbonyl (C=O) groups excluding carboxylic acids is 1. The van der Waals surface area contributed by atoms with Gasteiger partial charge in [0.1, 0.15) is 6.61 Å². The average molecular weight is 614 g/mol. The molecule has 0 heterocycles. The molecule has 0 saturated carbocycles. The molecule has 8 nitrogen and oxygen atoms in total. The first-order chi connectivity index (χ1) is 20.9. The second kappa shape index (κ2) is 22.8. The van der Waals surface area contributed by atoms with Gasteiger partial charge >= 0.3 is 12.1 Å². The Hall–Kier alpha value is -2.70. The molecular weight excluding hydrogens is 567 g/mol. The van der Waals surface area contributed by atoms with Crippen molar-refractivity contribution in [3.05, 3.63) is 59.7 Å². The van der Waals surface area contributed by atoms with E-state index in [1.54, 1.807) is 18.2 Å². The standard InChI is InChI=1S/C32H46F3NO7/c1-2-3-4-5-6-9-15-38-16-17-39-18-19-40-20-21-41-22-23-42-24-25-43-31(37)29-13-7-8-14-30(29)36-28-12-10-11-27(26-28)32(33,34)35/h7-8,10-14,26,36H,2-6,9,15-25H2,1H3. The van der Waals surface area contributed by atoms with Crippen molar-refractivity contribution in [1.82, 2.24) is 0 Å². The summed E-state index contributed by atoms with van der Waals surface area (Å²) in [5.74, 6) is -0.614. The highest BCUT2D eigenvalue weighted by atomic mass is 19.4. The maximum Gasteiger partial charge on any atom is 0.416 e. The molecule has 1 N–H and O–H groups in total. The van der Waals surface area contributed by atoms with Gasteiger partial charge in [0, 0.05) is 12.3 Å². The van der Waals surface area contributed by atoms with Gasteiger partial charge in [0.05, 0.1) is 76.3 Å². The first kappa shape index (κ1) is 36.5. The molecule has 43 heavy (non-hydrogen) atoms. The number of para-hydroxylation sites is 1. The van der Waals surface area contributed by atoms with Gasteiger partial charge in [-0.25, -0.2) is 4.79 Å². The van der Waals surface area contributed by atoms with Crippen LogP contribution >= 0.6 is 0 Å². The minimum absolute atomic E-state index is 0.0178. The van der Waals surface area contributed by atoms with Gasteiger partial charge in [-0.3, -0.25) is 0 Å². The summed E-state index contributed by atoms with van der Waals surface area (Å²) in [6, 6.07) is 11.2. The van der Waals surface area contributed by atoms with Gasteiger partial charge in [-0.1, -0.05) is 57.2 Å². The predicted octanol–water partition coefficient (Wildman–Crippen LogP) is 7.05. The Morgan fingerprint density at radius 2 is 1.19 bits per heavy atom. The lowest BCUT2D eigenvalue weighted by atomic mass is 10.1. The first-order valence-corrected chi connectivity index (χ1v) is 15.0. The third kappa shape index (κ3) is 17.3. The van der Waals surface area contributed by atoms with Gasteiger partial charge in [-0.2, -0.15) is 13.2 Å². The number of rotatable bonds is 25. The number of nitrogens with one attached hydrogen (secondary N) is 1. The van der Waals surface area contributed by atoms with E-state index in [2.05, 4.69) is 12.2 Å². The molecule has 0 fully saturated rings. The Morgan fingerprint density at radius 3 is 1.79 bits per heavy atom. The summed E-state index contributed by atoms with van der Waals surface area (Å²) in [7, 11) is 0. The largest absolute Gasteiger partial charge is 0.460 e. The molecule has 0 radical (unpaired) electrons. The van der Waals surface area contributed by atoms with Crippen LogP contribution in [0, 0.1) is 0 Å². The number of hydrogen-bond donors (Lipinski definition) is 1. The number of hydrogen-bond acceptors (Lipinski definition) is 8. The summed E-state index contributed by atoms with van der Waals surface area (Å²) in [5.41, 5.74) is -0.0450. The molecule has 0 amide bonds. The number of unbranched alkanes of at least 4 members (excludes halogenated alkanes) is 5. The summed E-state index contributed by atoms with van der Waals surface area (Å²) in [5, 5.41) is 2.86. The smallest absolute Gasteiger partial charge is 0.416 e. The third-order valence-electron chi connectivity index (χ3n) is 6.21. The van der Waals surface area contributed by atoms with E-state index in [-0.39, 0.29) is 24.5 Å². The van der Waals surface area contributed by atoms with E-state index in [1.165, 1.54) is 50.3 Å². The molecule has 2 aromatic rings. The van der Waals surface area contributed by atoms with Crippen LogP contribution in [0.5, 0.6) is 0 Å². The molecule has 0 unspecified atom stereocenters. The van der Waals surface area contributed by atoms with Crippen LogP contribution in [0.1, 0.15) is 61.4 Å². The lowest BCUT2D eigenvalue weighted by Gasteiger charge is -2.13. The van der Waals surface area contributed by atoms with Crippen molar-refractivity contribution in [1.29, 1.82) is 0 Å². The Bertz CT molecular complexity index is 1010. The molecule has 0 aliphatic rings. The van der Waals surface area contributed by atoms with E-state index in [1.807, 2.05) is 0 Å². The Balaban J connectivity index is 1.43. The molecule has 0 aliphatic heterocycles. The number of alkyl halides is 3. The minimum atomic E-state index is -4.47. The predicted molar refractivity (Wildman–Crippen MR) is 159 cm³/mol. The molecule has 242 valence electrons. The van der Waals surface area contributed by atoms with Gasteiger partial charge in [0.15, 0.2) is 0 Å². The van der Waals surface area contributed by atoms with Crippen LogP contribution in [0.4, 0.5) is 24.5 Å². The molecule has 0 bridgehead atoms. The third-order valence-corrected chi connectivity index (χ3v) is 6.21. The van der Waals surface area contributed by atoms with Crippen molar-refractivity contribution in [2.45, 2.75) is 51.6 Å². The second-order valence-electron chi connectivity index (χ2n) is 9.71. The highest BCUT2D eigenvalue weighted by Gasteiger charge is 2.30. The number of benzene rings is 2. The van der Waals surface area contributed by atoms with Gasteiger partial charge in [-0.05, 0) is 36.8 Å². The van der Waals surface area contributed by atoms with Crippen LogP contribution in [0.2, 0.25) is 0 Å². The van der Waals surface area contributed by atoms with Crippen LogP contribution in [-0.4, -0.2) is 78.6 Å². The second-order valence-corrected chi connectivity index (χ2v) is 9.71. The van der Waals surface area contributed by atoms with Crippen molar-refractivity contribution in [2.75, 3.05) is 78.0 Å². The summed E-state index contributed by atoms with van der Waals surface area (Å²) >= 11 is 0. The van der Waals surface area contributed by atoms with Crippen LogP contribution in [0.3, 0.4) is 0 Å². The summed E-state index contributed by atoms with van der Waals surface area (Å²) in [4.78, 5) is 12.5.